The average molecular weight is 1470 g/mol. The van der Waals surface area contributed by atoms with E-state index in [1.165, 1.54) is 250 Å². The molecule has 0 aromatic rings. The van der Waals surface area contributed by atoms with E-state index in [1.807, 2.05) is 0 Å². The number of carbonyl (C=O) groups is 4. The van der Waals surface area contributed by atoms with Crippen LogP contribution in [0.1, 0.15) is 433 Å². The van der Waals surface area contributed by atoms with Crippen molar-refractivity contribution in [2.45, 2.75) is 451 Å². The van der Waals surface area contributed by atoms with Crippen molar-refractivity contribution in [2.24, 2.45) is 5.92 Å². The van der Waals surface area contributed by atoms with E-state index in [-0.39, 0.29) is 25.7 Å². The number of phosphoric ester groups is 2. The fourth-order valence-corrected chi connectivity index (χ4v) is 14.1. The summed E-state index contributed by atoms with van der Waals surface area (Å²) in [5.41, 5.74) is 0. The van der Waals surface area contributed by atoms with Crippen LogP contribution in [-0.2, 0) is 65.4 Å². The van der Waals surface area contributed by atoms with Gasteiger partial charge in [-0.25, -0.2) is 9.13 Å². The number of unbranched alkanes of at least 4 members (excludes halogenated alkanes) is 52. The minimum atomic E-state index is -4.96. The molecule has 19 heteroatoms. The Bertz CT molecular complexity index is 1910. The summed E-state index contributed by atoms with van der Waals surface area (Å²) in [7, 11) is -9.91. The highest BCUT2D eigenvalue weighted by molar-refractivity contribution is 7.47. The molecule has 3 N–H and O–H groups in total. The van der Waals surface area contributed by atoms with Gasteiger partial charge in [-0.15, -0.1) is 0 Å². The van der Waals surface area contributed by atoms with Crippen LogP contribution < -0.4 is 0 Å². The minimum Gasteiger partial charge on any atom is -0.462 e. The van der Waals surface area contributed by atoms with Gasteiger partial charge in [0.2, 0.25) is 0 Å². The van der Waals surface area contributed by atoms with E-state index in [9.17, 15) is 43.2 Å². The van der Waals surface area contributed by atoms with Crippen LogP contribution in [0, 0.1) is 5.92 Å². The lowest BCUT2D eigenvalue weighted by Crippen LogP contribution is -2.30. The maximum Gasteiger partial charge on any atom is 0.472 e. The van der Waals surface area contributed by atoms with Crippen molar-refractivity contribution in [3.8, 4) is 0 Å². The number of esters is 4. The first kappa shape index (κ1) is 98.1. The number of hydrogen-bond acceptors (Lipinski definition) is 15. The van der Waals surface area contributed by atoms with Gasteiger partial charge in [0.05, 0.1) is 26.4 Å². The first-order valence-corrected chi connectivity index (χ1v) is 45.2. The molecule has 0 heterocycles. The third kappa shape index (κ3) is 73.0. The predicted molar refractivity (Wildman–Crippen MR) is 409 cm³/mol. The van der Waals surface area contributed by atoms with Gasteiger partial charge in [-0.3, -0.25) is 37.3 Å². The van der Waals surface area contributed by atoms with Crippen LogP contribution in [-0.4, -0.2) is 96.7 Å². The Morgan fingerprint density at radius 3 is 0.710 bits per heavy atom. The lowest BCUT2D eigenvalue weighted by Gasteiger charge is -2.21. The van der Waals surface area contributed by atoms with Gasteiger partial charge < -0.3 is 33.8 Å². The second-order valence-corrected chi connectivity index (χ2v) is 32.3. The lowest BCUT2D eigenvalue weighted by atomic mass is 9.99. The van der Waals surface area contributed by atoms with Gasteiger partial charge in [0.1, 0.15) is 19.3 Å². The van der Waals surface area contributed by atoms with E-state index < -0.39 is 97.5 Å². The van der Waals surface area contributed by atoms with Crippen LogP contribution >= 0.6 is 15.6 Å². The molecule has 6 atom stereocenters. The summed E-state index contributed by atoms with van der Waals surface area (Å²) < 4.78 is 68.6. The van der Waals surface area contributed by atoms with E-state index in [1.54, 1.807) is 0 Å². The van der Waals surface area contributed by atoms with Crippen LogP contribution in [0.25, 0.3) is 0 Å². The highest BCUT2D eigenvalue weighted by Crippen LogP contribution is 2.45. The normalized spacial score (nSPS) is 14.1. The average Bonchev–Trinajstić information content (AvgIpc) is 0.921. The van der Waals surface area contributed by atoms with E-state index >= 15 is 0 Å². The van der Waals surface area contributed by atoms with Crippen molar-refractivity contribution in [1.82, 2.24) is 0 Å². The quantitative estimate of drug-likeness (QED) is 0.0222. The summed E-state index contributed by atoms with van der Waals surface area (Å²) in [5.74, 6) is -1.26. The second kappa shape index (κ2) is 73.9. The molecule has 0 aliphatic heterocycles. The molecule has 0 saturated carbocycles. The van der Waals surface area contributed by atoms with Crippen molar-refractivity contribution >= 4 is 39.5 Å². The summed E-state index contributed by atoms with van der Waals surface area (Å²) in [6, 6.07) is 0. The zero-order valence-corrected chi connectivity index (χ0v) is 67.1. The van der Waals surface area contributed by atoms with Gasteiger partial charge in [0.25, 0.3) is 0 Å². The van der Waals surface area contributed by atoms with Crippen molar-refractivity contribution < 1.29 is 80.2 Å². The molecule has 0 fully saturated rings. The summed E-state index contributed by atoms with van der Waals surface area (Å²) in [5, 5.41) is 10.6. The number of phosphoric acid groups is 2. The van der Waals surface area contributed by atoms with Crippen LogP contribution in [0.2, 0.25) is 0 Å². The molecule has 0 saturated heterocycles. The highest BCUT2D eigenvalue weighted by atomic mass is 31.2. The smallest absolute Gasteiger partial charge is 0.462 e. The molecule has 0 aromatic carbocycles. The predicted octanol–water partition coefficient (Wildman–Crippen LogP) is 24.4. The number of ether oxygens (including phenoxy) is 4. The van der Waals surface area contributed by atoms with Crippen molar-refractivity contribution in [3.05, 3.63) is 0 Å². The van der Waals surface area contributed by atoms with E-state index in [4.69, 9.17) is 37.0 Å². The molecule has 0 aliphatic carbocycles. The van der Waals surface area contributed by atoms with Gasteiger partial charge >= 0.3 is 39.5 Å². The fourth-order valence-electron chi connectivity index (χ4n) is 12.6. The zero-order chi connectivity index (χ0) is 73.4. The molecule has 0 rings (SSSR count). The number of rotatable bonds is 81. The highest BCUT2D eigenvalue weighted by Gasteiger charge is 2.30. The molecule has 0 amide bonds. The zero-order valence-electron chi connectivity index (χ0n) is 65.3. The molecule has 17 nitrogen and oxygen atoms in total. The van der Waals surface area contributed by atoms with Gasteiger partial charge in [0, 0.05) is 25.7 Å². The van der Waals surface area contributed by atoms with Crippen LogP contribution in [0.4, 0.5) is 0 Å². The van der Waals surface area contributed by atoms with Gasteiger partial charge in [-0.1, -0.05) is 381 Å². The Kier molecular flexibility index (Phi) is 72.5. The Balaban J connectivity index is 5.20. The Morgan fingerprint density at radius 1 is 0.280 bits per heavy atom. The van der Waals surface area contributed by atoms with E-state index in [0.29, 0.717) is 25.7 Å². The summed E-state index contributed by atoms with van der Waals surface area (Å²) in [6.07, 6.45) is 65.2. The van der Waals surface area contributed by atoms with Gasteiger partial charge in [-0.2, -0.15) is 0 Å². The van der Waals surface area contributed by atoms with Gasteiger partial charge in [0.15, 0.2) is 12.2 Å². The molecule has 3 unspecified atom stereocenters. The summed E-state index contributed by atoms with van der Waals surface area (Å²) in [4.78, 5) is 72.9. The number of aliphatic hydroxyl groups excluding tert-OH is 1. The maximum atomic E-state index is 13.1. The van der Waals surface area contributed by atoms with Crippen molar-refractivity contribution in [2.75, 3.05) is 39.6 Å². The topological polar surface area (TPSA) is 237 Å². The van der Waals surface area contributed by atoms with Crippen LogP contribution in [0.5, 0.6) is 0 Å². The molecule has 100 heavy (non-hydrogen) atoms. The minimum absolute atomic E-state index is 0.108. The first-order chi connectivity index (χ1) is 48.6. The Labute approximate surface area is 613 Å². The molecule has 0 spiro atoms. The molecular weight excluding hydrogens is 1310 g/mol. The first-order valence-electron chi connectivity index (χ1n) is 42.2. The Morgan fingerprint density at radius 2 is 0.480 bits per heavy atom. The van der Waals surface area contributed by atoms with Crippen LogP contribution in [0.3, 0.4) is 0 Å². The monoisotopic (exact) mass is 1470 g/mol. The third-order valence-electron chi connectivity index (χ3n) is 19.4. The van der Waals surface area contributed by atoms with Crippen molar-refractivity contribution in [3.63, 3.8) is 0 Å². The third-order valence-corrected chi connectivity index (χ3v) is 21.3. The number of hydrogen-bond donors (Lipinski definition) is 3. The van der Waals surface area contributed by atoms with Crippen molar-refractivity contribution in [1.29, 1.82) is 0 Å². The lowest BCUT2D eigenvalue weighted by molar-refractivity contribution is -0.161. The number of carbonyl (C=O) groups excluding carboxylic acids is 4. The summed E-state index contributed by atoms with van der Waals surface area (Å²) in [6.45, 7) is 7.36. The molecular formula is C81H158O17P2. The van der Waals surface area contributed by atoms with E-state index in [2.05, 4.69) is 34.6 Å². The maximum absolute atomic E-state index is 13.1. The molecule has 0 aromatic heterocycles. The summed E-state index contributed by atoms with van der Waals surface area (Å²) >= 11 is 0. The largest absolute Gasteiger partial charge is 0.472 e. The Hall–Kier alpha value is -1.94. The number of aliphatic hydroxyl groups is 1. The molecule has 0 aliphatic rings. The fraction of sp³-hybridized carbons (Fsp3) is 0.951. The molecule has 594 valence electrons. The van der Waals surface area contributed by atoms with Crippen LogP contribution in [0.15, 0.2) is 0 Å². The SMILES string of the molecule is CCCCCCCCCCCCCCCCCCCCCCC(=O)O[C@H](COC(=O)CCCCCCCCCCCCCCCCC(C)CC)COP(=O)(O)OC[C@@H](O)COP(=O)(O)OC[C@@H](COC(=O)CCCCCCCCCC)OC(=O)CCCCCCCCCCCCCCCC. The van der Waals surface area contributed by atoms with E-state index in [0.717, 1.165) is 102 Å². The second-order valence-electron chi connectivity index (χ2n) is 29.4. The molecule has 0 bridgehead atoms. The van der Waals surface area contributed by atoms with Gasteiger partial charge in [-0.05, 0) is 31.6 Å². The standard InChI is InChI=1S/C81H158O17P2/c1-6-10-13-16-19-22-24-26-28-29-30-31-32-33-39-43-47-52-57-62-67-81(86)98-77(71-92-79(84)65-60-55-50-45-41-38-35-34-36-40-44-48-53-58-63-74(5)9-4)73-96-100(89,90)94-69-75(82)68-93-99(87,88)95-72-76(70-91-78(83)64-59-54-49-21-18-15-12-8-3)97-80(85)66-61-56-51-46-42-37-27-25-23-20-17-14-11-7-2/h74-77,82H,6-73H2,1-5H3,(H,87,88)(H,89,90)/t74?,75-,76+,77+/m0/s1. The molecule has 0 radical (unpaired) electrons.